The SMILES string of the molecule is COc1cc(OC)cc(/C(C#N)=C/c2ccccc2Br)c1. The van der Waals surface area contributed by atoms with Crippen LogP contribution in [0.25, 0.3) is 11.6 Å². The molecule has 2 aromatic carbocycles. The van der Waals surface area contributed by atoms with Crippen LogP contribution in [0.2, 0.25) is 0 Å². The van der Waals surface area contributed by atoms with Crippen molar-refractivity contribution in [3.05, 3.63) is 58.1 Å². The van der Waals surface area contributed by atoms with Crippen molar-refractivity contribution in [3.8, 4) is 17.6 Å². The van der Waals surface area contributed by atoms with Gasteiger partial charge in [0, 0.05) is 10.5 Å². The number of rotatable bonds is 4. The smallest absolute Gasteiger partial charge is 0.123 e. The fraction of sp³-hybridized carbons (Fsp3) is 0.118. The van der Waals surface area contributed by atoms with Crippen molar-refractivity contribution in [1.82, 2.24) is 0 Å². The third-order valence-corrected chi connectivity index (χ3v) is 3.71. The number of nitrogens with zero attached hydrogens (tertiary/aromatic N) is 1. The van der Waals surface area contributed by atoms with Crippen LogP contribution in [0.15, 0.2) is 46.9 Å². The first kappa shape index (κ1) is 15.1. The predicted octanol–water partition coefficient (Wildman–Crippen LogP) is 4.53. The van der Waals surface area contributed by atoms with Crippen molar-refractivity contribution in [2.75, 3.05) is 14.2 Å². The quantitative estimate of drug-likeness (QED) is 0.604. The lowest BCUT2D eigenvalue weighted by Crippen LogP contribution is -1.91. The second-order valence-electron chi connectivity index (χ2n) is 4.29. The number of benzene rings is 2. The van der Waals surface area contributed by atoms with Crippen LogP contribution in [-0.2, 0) is 0 Å². The number of ether oxygens (including phenoxy) is 2. The summed E-state index contributed by atoms with van der Waals surface area (Å²) in [5.74, 6) is 1.30. The largest absolute Gasteiger partial charge is 0.497 e. The van der Waals surface area contributed by atoms with E-state index in [2.05, 4.69) is 22.0 Å². The van der Waals surface area contributed by atoms with Gasteiger partial charge in [-0.3, -0.25) is 0 Å². The van der Waals surface area contributed by atoms with Crippen molar-refractivity contribution in [2.45, 2.75) is 0 Å². The molecule has 4 heteroatoms. The fourth-order valence-electron chi connectivity index (χ4n) is 1.89. The van der Waals surface area contributed by atoms with Gasteiger partial charge >= 0.3 is 0 Å². The van der Waals surface area contributed by atoms with Crippen LogP contribution in [0.5, 0.6) is 11.5 Å². The van der Waals surface area contributed by atoms with Gasteiger partial charge in [-0.15, -0.1) is 0 Å². The number of nitriles is 1. The molecule has 21 heavy (non-hydrogen) atoms. The monoisotopic (exact) mass is 343 g/mol. The molecule has 0 aliphatic rings. The van der Waals surface area contributed by atoms with Gasteiger partial charge in [0.1, 0.15) is 11.5 Å². The van der Waals surface area contributed by atoms with Crippen LogP contribution in [0.4, 0.5) is 0 Å². The Balaban J connectivity index is 2.52. The first-order valence-electron chi connectivity index (χ1n) is 6.27. The molecule has 0 aliphatic heterocycles. The van der Waals surface area contributed by atoms with Gasteiger partial charge in [0.05, 0.1) is 25.9 Å². The molecule has 0 fully saturated rings. The standard InChI is InChI=1S/C17H14BrNO2/c1-20-15-8-13(9-16(10-15)21-2)14(11-19)7-12-5-3-4-6-17(12)18/h3-10H,1-2H3/b14-7+. The molecule has 0 aromatic heterocycles. The summed E-state index contributed by atoms with van der Waals surface area (Å²) in [5.41, 5.74) is 2.24. The summed E-state index contributed by atoms with van der Waals surface area (Å²) >= 11 is 3.48. The molecule has 0 bridgehead atoms. The molecule has 0 amide bonds. The van der Waals surface area contributed by atoms with Crippen LogP contribution in [-0.4, -0.2) is 14.2 Å². The normalized spacial score (nSPS) is 10.9. The Labute approximate surface area is 132 Å². The Morgan fingerprint density at radius 1 is 1.10 bits per heavy atom. The van der Waals surface area contributed by atoms with Crippen molar-refractivity contribution in [3.63, 3.8) is 0 Å². The van der Waals surface area contributed by atoms with Crippen LogP contribution in [0.1, 0.15) is 11.1 Å². The van der Waals surface area contributed by atoms with Gasteiger partial charge in [-0.25, -0.2) is 0 Å². The van der Waals surface area contributed by atoms with E-state index in [-0.39, 0.29) is 0 Å². The van der Waals surface area contributed by atoms with Crippen molar-refractivity contribution < 1.29 is 9.47 Å². The van der Waals surface area contributed by atoms with E-state index in [0.29, 0.717) is 17.1 Å². The molecule has 3 nitrogen and oxygen atoms in total. The summed E-state index contributed by atoms with van der Waals surface area (Å²) in [4.78, 5) is 0. The van der Waals surface area contributed by atoms with E-state index >= 15 is 0 Å². The van der Waals surface area contributed by atoms with Gasteiger partial charge in [-0.1, -0.05) is 34.1 Å². The van der Waals surface area contributed by atoms with Gasteiger partial charge in [-0.05, 0) is 35.4 Å². The molecule has 0 heterocycles. The third kappa shape index (κ3) is 3.65. The molecule has 0 saturated heterocycles. The molecular weight excluding hydrogens is 330 g/mol. The minimum absolute atomic E-state index is 0.541. The summed E-state index contributed by atoms with van der Waals surface area (Å²) < 4.78 is 11.4. The molecule has 2 rings (SSSR count). The molecule has 0 radical (unpaired) electrons. The van der Waals surface area contributed by atoms with Crippen molar-refractivity contribution in [2.24, 2.45) is 0 Å². The number of hydrogen-bond acceptors (Lipinski definition) is 3. The minimum atomic E-state index is 0.541. The predicted molar refractivity (Wildman–Crippen MR) is 87.2 cm³/mol. The molecule has 0 saturated carbocycles. The summed E-state index contributed by atoms with van der Waals surface area (Å²) in [6, 6.07) is 15.4. The minimum Gasteiger partial charge on any atom is -0.497 e. The topological polar surface area (TPSA) is 42.2 Å². The van der Waals surface area contributed by atoms with Crippen molar-refractivity contribution >= 4 is 27.6 Å². The van der Waals surface area contributed by atoms with Gasteiger partial charge in [0.2, 0.25) is 0 Å². The number of allylic oxidation sites excluding steroid dienone is 1. The molecule has 0 N–H and O–H groups in total. The lowest BCUT2D eigenvalue weighted by Gasteiger charge is -2.08. The van der Waals surface area contributed by atoms with Crippen LogP contribution < -0.4 is 9.47 Å². The Bertz CT molecular complexity index is 695. The number of methoxy groups -OCH3 is 2. The maximum Gasteiger partial charge on any atom is 0.123 e. The highest BCUT2D eigenvalue weighted by atomic mass is 79.9. The molecule has 0 spiro atoms. The average molecular weight is 344 g/mol. The summed E-state index contributed by atoms with van der Waals surface area (Å²) in [6.07, 6.45) is 1.83. The first-order chi connectivity index (χ1) is 10.2. The first-order valence-corrected chi connectivity index (χ1v) is 7.07. The Morgan fingerprint density at radius 3 is 2.24 bits per heavy atom. The van der Waals surface area contributed by atoms with E-state index in [1.807, 2.05) is 42.5 Å². The maximum absolute atomic E-state index is 9.44. The summed E-state index contributed by atoms with van der Waals surface area (Å²) in [7, 11) is 3.17. The zero-order valence-electron chi connectivity index (χ0n) is 11.8. The number of halogens is 1. The van der Waals surface area contributed by atoms with E-state index in [9.17, 15) is 5.26 Å². The van der Waals surface area contributed by atoms with Gasteiger partial charge in [0.25, 0.3) is 0 Å². The Hall–Kier alpha value is -2.25. The highest BCUT2D eigenvalue weighted by Gasteiger charge is 2.07. The van der Waals surface area contributed by atoms with E-state index in [0.717, 1.165) is 15.6 Å². The second-order valence-corrected chi connectivity index (χ2v) is 5.15. The van der Waals surface area contributed by atoms with Gasteiger partial charge in [-0.2, -0.15) is 5.26 Å². The molecule has 106 valence electrons. The Kier molecular flexibility index (Phi) is 5.02. The van der Waals surface area contributed by atoms with Gasteiger partial charge in [0.15, 0.2) is 0 Å². The van der Waals surface area contributed by atoms with Crippen LogP contribution in [0, 0.1) is 11.3 Å². The summed E-state index contributed by atoms with van der Waals surface area (Å²) in [5, 5.41) is 9.44. The van der Waals surface area contributed by atoms with E-state index in [1.165, 1.54) is 0 Å². The molecular formula is C17H14BrNO2. The number of hydrogen-bond donors (Lipinski definition) is 0. The molecule has 0 unspecified atom stereocenters. The second kappa shape index (κ2) is 6.96. The molecule has 0 atom stereocenters. The highest BCUT2D eigenvalue weighted by molar-refractivity contribution is 9.10. The highest BCUT2D eigenvalue weighted by Crippen LogP contribution is 2.29. The third-order valence-electron chi connectivity index (χ3n) is 2.99. The van der Waals surface area contributed by atoms with E-state index in [4.69, 9.17) is 9.47 Å². The zero-order chi connectivity index (χ0) is 15.2. The summed E-state index contributed by atoms with van der Waals surface area (Å²) in [6.45, 7) is 0. The van der Waals surface area contributed by atoms with Crippen molar-refractivity contribution in [1.29, 1.82) is 5.26 Å². The average Bonchev–Trinajstić information content (AvgIpc) is 2.53. The fourth-order valence-corrected chi connectivity index (χ4v) is 2.29. The van der Waals surface area contributed by atoms with E-state index < -0.39 is 0 Å². The van der Waals surface area contributed by atoms with Crippen LogP contribution >= 0.6 is 15.9 Å². The van der Waals surface area contributed by atoms with E-state index in [1.54, 1.807) is 20.3 Å². The lowest BCUT2D eigenvalue weighted by molar-refractivity contribution is 0.394. The molecule has 0 aliphatic carbocycles. The lowest BCUT2D eigenvalue weighted by atomic mass is 10.0. The van der Waals surface area contributed by atoms with Gasteiger partial charge < -0.3 is 9.47 Å². The van der Waals surface area contributed by atoms with Crippen LogP contribution in [0.3, 0.4) is 0 Å². The Morgan fingerprint density at radius 2 is 1.71 bits per heavy atom. The zero-order valence-corrected chi connectivity index (χ0v) is 13.3. The maximum atomic E-state index is 9.44. The molecule has 2 aromatic rings.